The molecule has 0 bridgehead atoms. The van der Waals surface area contributed by atoms with E-state index in [0.29, 0.717) is 0 Å². The van der Waals surface area contributed by atoms with Crippen LogP contribution in [0, 0.1) is 6.92 Å². The molecule has 1 unspecified atom stereocenters. The number of benzene rings is 10. The maximum absolute atomic E-state index is 10.6. The van der Waals surface area contributed by atoms with Crippen molar-refractivity contribution in [3.05, 3.63) is 299 Å². The van der Waals surface area contributed by atoms with Gasteiger partial charge in [-0.2, -0.15) is 0 Å². The van der Waals surface area contributed by atoms with E-state index >= 15 is 0 Å². The van der Waals surface area contributed by atoms with Crippen LogP contribution in [0.3, 0.4) is 0 Å². The molecule has 0 spiro atoms. The van der Waals surface area contributed by atoms with E-state index in [9.17, 15) is 5.11 Å². The first kappa shape index (κ1) is 38.5. The van der Waals surface area contributed by atoms with Gasteiger partial charge in [-0.1, -0.05) is 206 Å². The number of aromatic hydroxyl groups is 1. The molecule has 10 aromatic carbocycles. The van der Waals surface area contributed by atoms with Crippen molar-refractivity contribution in [2.24, 2.45) is 0 Å². The molecule has 0 saturated heterocycles. The molecule has 2 aliphatic rings. The molecule has 0 aromatic heterocycles. The standard InChI is InChI=1S/C63H45NO/c1-43-25-29-48(30-26-43)63(49-31-37-53(65)38-32-49)59-24-14-12-22-55(59)57-40-36-52(42-61(57)63)64(50-33-27-45(28-34-50)44-15-5-2-6-16-44)51-35-39-56-54-21-11-13-23-58(54)62(60(56)41-51,46-17-7-3-8-18-46)47-19-9-4-10-20-47/h2-42,65H,1H3. The molecule has 0 fully saturated rings. The highest BCUT2D eigenvalue weighted by molar-refractivity contribution is 5.92. The van der Waals surface area contributed by atoms with E-state index in [4.69, 9.17) is 0 Å². The first-order valence-electron chi connectivity index (χ1n) is 22.5. The molecule has 1 N–H and O–H groups in total. The first-order chi connectivity index (χ1) is 32.0. The van der Waals surface area contributed by atoms with E-state index in [1.54, 1.807) is 0 Å². The quantitative estimate of drug-likeness (QED) is 0.165. The van der Waals surface area contributed by atoms with Crippen molar-refractivity contribution in [1.29, 1.82) is 0 Å². The van der Waals surface area contributed by atoms with Gasteiger partial charge in [0.15, 0.2) is 0 Å². The highest BCUT2D eigenvalue weighted by Crippen LogP contribution is 2.59. The van der Waals surface area contributed by atoms with Gasteiger partial charge in [-0.15, -0.1) is 0 Å². The Balaban J connectivity index is 1.13. The highest BCUT2D eigenvalue weighted by atomic mass is 16.3. The average Bonchev–Trinajstić information content (AvgIpc) is 3.83. The number of hydrogen-bond acceptors (Lipinski definition) is 2. The van der Waals surface area contributed by atoms with Crippen molar-refractivity contribution in [1.82, 2.24) is 0 Å². The molecule has 0 radical (unpaired) electrons. The molecule has 0 saturated carbocycles. The van der Waals surface area contributed by atoms with E-state index in [1.807, 2.05) is 12.1 Å². The second-order valence-electron chi connectivity index (χ2n) is 17.4. The van der Waals surface area contributed by atoms with Crippen LogP contribution in [0.1, 0.15) is 50.1 Å². The van der Waals surface area contributed by atoms with E-state index in [-0.39, 0.29) is 5.75 Å². The van der Waals surface area contributed by atoms with Crippen LogP contribution in [0.15, 0.2) is 249 Å². The number of phenolic OH excluding ortho intramolecular Hbond substituents is 1. The van der Waals surface area contributed by atoms with Crippen LogP contribution in [0.2, 0.25) is 0 Å². The number of nitrogens with zero attached hydrogens (tertiary/aromatic N) is 1. The van der Waals surface area contributed by atoms with Crippen LogP contribution in [-0.4, -0.2) is 5.11 Å². The summed E-state index contributed by atoms with van der Waals surface area (Å²) in [6.07, 6.45) is 0. The minimum atomic E-state index is -0.651. The molecule has 1 atom stereocenters. The third-order valence-corrected chi connectivity index (χ3v) is 14.0. The van der Waals surface area contributed by atoms with Gasteiger partial charge in [-0.3, -0.25) is 0 Å². The molecule has 0 aliphatic heterocycles. The van der Waals surface area contributed by atoms with Gasteiger partial charge < -0.3 is 10.0 Å². The Hall–Kier alpha value is -8.20. The van der Waals surface area contributed by atoms with Crippen LogP contribution in [0.25, 0.3) is 33.4 Å². The molecule has 2 heteroatoms. The SMILES string of the molecule is Cc1ccc(C2(c3ccc(O)cc3)c3ccccc3-c3ccc(N(c4ccc(-c5ccccc5)cc4)c4ccc5c(c4)C(c4ccccc4)(c4ccccc4)c4ccccc4-5)cc32)cc1. The maximum Gasteiger partial charge on any atom is 0.115 e. The van der Waals surface area contributed by atoms with Crippen molar-refractivity contribution in [3.8, 4) is 39.1 Å². The van der Waals surface area contributed by atoms with Gasteiger partial charge in [0, 0.05) is 17.1 Å². The lowest BCUT2D eigenvalue weighted by Crippen LogP contribution is -2.29. The minimum absolute atomic E-state index is 0.249. The molecule has 0 heterocycles. The molecular weight excluding hydrogens is 787 g/mol. The predicted molar refractivity (Wildman–Crippen MR) is 268 cm³/mol. The third-order valence-electron chi connectivity index (χ3n) is 14.0. The molecule has 2 nitrogen and oxygen atoms in total. The van der Waals surface area contributed by atoms with Gasteiger partial charge in [0.05, 0.1) is 10.8 Å². The second-order valence-corrected chi connectivity index (χ2v) is 17.4. The Morgan fingerprint density at radius 3 is 1.17 bits per heavy atom. The number of phenols is 1. The van der Waals surface area contributed by atoms with Gasteiger partial charge in [0.2, 0.25) is 0 Å². The average molecular weight is 832 g/mol. The Labute approximate surface area is 381 Å². The summed E-state index contributed by atoms with van der Waals surface area (Å²) in [5.41, 5.74) is 20.2. The topological polar surface area (TPSA) is 23.5 Å². The fourth-order valence-electron chi connectivity index (χ4n) is 11.2. The Morgan fingerprint density at radius 2 is 0.677 bits per heavy atom. The number of aryl methyl sites for hydroxylation is 1. The fourth-order valence-corrected chi connectivity index (χ4v) is 11.2. The summed E-state index contributed by atoms with van der Waals surface area (Å²) in [6.45, 7) is 2.14. The van der Waals surface area contributed by atoms with Gasteiger partial charge in [0.25, 0.3) is 0 Å². The number of rotatable bonds is 8. The smallest absolute Gasteiger partial charge is 0.115 e. The molecular formula is C63H45NO. The fraction of sp³-hybridized carbons (Fsp3) is 0.0476. The van der Waals surface area contributed by atoms with E-state index in [2.05, 4.69) is 248 Å². The second kappa shape index (κ2) is 15.3. The number of fused-ring (bicyclic) bond motifs is 6. The van der Waals surface area contributed by atoms with E-state index in [1.165, 1.54) is 77.9 Å². The lowest BCUT2D eigenvalue weighted by Gasteiger charge is -2.36. The van der Waals surface area contributed by atoms with Crippen molar-refractivity contribution >= 4 is 17.1 Å². The summed E-state index contributed by atoms with van der Waals surface area (Å²) < 4.78 is 0. The van der Waals surface area contributed by atoms with E-state index < -0.39 is 10.8 Å². The maximum atomic E-state index is 10.6. The largest absolute Gasteiger partial charge is 0.508 e. The predicted octanol–water partition coefficient (Wildman–Crippen LogP) is 15.6. The molecule has 65 heavy (non-hydrogen) atoms. The summed E-state index contributed by atoms with van der Waals surface area (Å²) in [7, 11) is 0. The zero-order chi connectivity index (χ0) is 43.5. The summed E-state index contributed by atoms with van der Waals surface area (Å²) in [4.78, 5) is 2.44. The van der Waals surface area contributed by atoms with Gasteiger partial charge in [0.1, 0.15) is 5.75 Å². The Morgan fingerprint density at radius 1 is 0.308 bits per heavy atom. The van der Waals surface area contributed by atoms with Gasteiger partial charge in [-0.05, 0) is 133 Å². The molecule has 0 amide bonds. The monoisotopic (exact) mass is 831 g/mol. The summed E-state index contributed by atoms with van der Waals surface area (Å²) in [6, 6.07) is 90.5. The zero-order valence-electron chi connectivity index (χ0n) is 36.1. The number of hydrogen-bond donors (Lipinski definition) is 1. The molecule has 2 aliphatic carbocycles. The van der Waals surface area contributed by atoms with Gasteiger partial charge >= 0.3 is 0 Å². The lowest BCUT2D eigenvalue weighted by atomic mass is 9.67. The molecule has 12 rings (SSSR count). The highest BCUT2D eigenvalue weighted by Gasteiger charge is 2.48. The summed E-state index contributed by atoms with van der Waals surface area (Å²) >= 11 is 0. The van der Waals surface area contributed by atoms with Crippen LogP contribution >= 0.6 is 0 Å². The Bertz CT molecular complexity index is 3270. The molecule has 308 valence electrons. The van der Waals surface area contributed by atoms with Gasteiger partial charge in [-0.25, -0.2) is 0 Å². The zero-order valence-corrected chi connectivity index (χ0v) is 36.1. The first-order valence-corrected chi connectivity index (χ1v) is 22.5. The van der Waals surface area contributed by atoms with Crippen molar-refractivity contribution in [2.45, 2.75) is 17.8 Å². The van der Waals surface area contributed by atoms with Crippen molar-refractivity contribution < 1.29 is 5.11 Å². The normalized spacial score (nSPS) is 15.1. The van der Waals surface area contributed by atoms with Crippen LogP contribution < -0.4 is 4.90 Å². The summed E-state index contributed by atoms with van der Waals surface area (Å²) in [5, 5.41) is 10.6. The van der Waals surface area contributed by atoms with Crippen LogP contribution in [-0.2, 0) is 10.8 Å². The summed E-state index contributed by atoms with van der Waals surface area (Å²) in [5.74, 6) is 0.249. The van der Waals surface area contributed by atoms with Crippen LogP contribution in [0.4, 0.5) is 17.1 Å². The molecule has 10 aromatic rings. The number of anilines is 3. The lowest BCUT2D eigenvalue weighted by molar-refractivity contribution is 0.475. The minimum Gasteiger partial charge on any atom is -0.508 e. The van der Waals surface area contributed by atoms with Crippen molar-refractivity contribution in [2.75, 3.05) is 4.90 Å². The third kappa shape index (κ3) is 5.88. The Kier molecular flexibility index (Phi) is 9.03. The van der Waals surface area contributed by atoms with E-state index in [0.717, 1.165) is 22.6 Å². The van der Waals surface area contributed by atoms with Crippen LogP contribution in [0.5, 0.6) is 5.75 Å². The van der Waals surface area contributed by atoms with Crippen molar-refractivity contribution in [3.63, 3.8) is 0 Å².